The summed E-state index contributed by atoms with van der Waals surface area (Å²) in [5, 5.41) is 10.5. The second-order valence-electron chi connectivity index (χ2n) is 6.85. The highest BCUT2D eigenvalue weighted by atomic mass is 32.1. The summed E-state index contributed by atoms with van der Waals surface area (Å²) < 4.78 is 0. The van der Waals surface area contributed by atoms with Gasteiger partial charge >= 0.3 is 0 Å². The minimum atomic E-state index is -0.0342. The van der Waals surface area contributed by atoms with Crippen LogP contribution >= 0.6 is 11.3 Å². The van der Waals surface area contributed by atoms with Crippen molar-refractivity contribution in [3.8, 4) is 0 Å². The molecule has 3 nitrogen and oxygen atoms in total. The van der Waals surface area contributed by atoms with E-state index >= 15 is 0 Å². The summed E-state index contributed by atoms with van der Waals surface area (Å²) in [4.78, 5) is 4.44. The minimum Gasteiger partial charge on any atom is -0.316 e. The Balaban J connectivity index is 1.93. The largest absolute Gasteiger partial charge is 0.316 e. The van der Waals surface area contributed by atoms with Crippen molar-refractivity contribution in [3.63, 3.8) is 0 Å². The second-order valence-corrected chi connectivity index (χ2v) is 7.74. The number of piperidine rings is 1. The minimum absolute atomic E-state index is 0.0342. The highest BCUT2D eigenvalue weighted by Crippen LogP contribution is 2.32. The molecule has 2 rings (SSSR count). The van der Waals surface area contributed by atoms with Crippen molar-refractivity contribution >= 4 is 11.3 Å². The van der Waals surface area contributed by atoms with E-state index in [2.05, 4.69) is 48.7 Å². The van der Waals surface area contributed by atoms with Gasteiger partial charge in [-0.2, -0.15) is 0 Å². The summed E-state index contributed by atoms with van der Waals surface area (Å²) in [5.41, 5.74) is 0.287. The molecule has 2 N–H and O–H groups in total. The van der Waals surface area contributed by atoms with Crippen molar-refractivity contribution in [1.82, 2.24) is 15.6 Å². The normalized spacial score (nSPS) is 21.6. The van der Waals surface area contributed by atoms with Gasteiger partial charge in [0.1, 0.15) is 5.01 Å². The molecule has 1 unspecified atom stereocenters. The molecule has 1 aromatic rings. The van der Waals surface area contributed by atoms with Crippen LogP contribution in [0.25, 0.3) is 0 Å². The molecule has 0 spiro atoms. The van der Waals surface area contributed by atoms with Gasteiger partial charge in [0.15, 0.2) is 0 Å². The molecule has 1 atom stereocenters. The van der Waals surface area contributed by atoms with Crippen LogP contribution in [0.4, 0.5) is 0 Å². The maximum Gasteiger partial charge on any atom is 0.112 e. The fourth-order valence-electron chi connectivity index (χ4n) is 2.72. The smallest absolute Gasteiger partial charge is 0.112 e. The molecule has 19 heavy (non-hydrogen) atoms. The third-order valence-electron chi connectivity index (χ3n) is 4.35. The first kappa shape index (κ1) is 14.9. The van der Waals surface area contributed by atoms with Crippen molar-refractivity contribution in [2.45, 2.75) is 46.1 Å². The van der Waals surface area contributed by atoms with E-state index in [0.717, 1.165) is 19.0 Å². The van der Waals surface area contributed by atoms with Gasteiger partial charge in [0.25, 0.3) is 0 Å². The van der Waals surface area contributed by atoms with Gasteiger partial charge in [0.05, 0.1) is 5.54 Å². The zero-order chi connectivity index (χ0) is 13.9. The van der Waals surface area contributed by atoms with Crippen LogP contribution in [0.1, 0.15) is 45.5 Å². The molecule has 1 saturated heterocycles. The average molecular weight is 281 g/mol. The Morgan fingerprint density at radius 3 is 2.79 bits per heavy atom. The van der Waals surface area contributed by atoms with Crippen molar-refractivity contribution in [2.24, 2.45) is 11.3 Å². The highest BCUT2D eigenvalue weighted by molar-refractivity contribution is 7.09. The summed E-state index contributed by atoms with van der Waals surface area (Å²) in [7, 11) is 0. The first-order valence-corrected chi connectivity index (χ1v) is 8.15. The van der Waals surface area contributed by atoms with Crippen LogP contribution in [-0.4, -0.2) is 24.6 Å². The number of nitrogens with one attached hydrogen (secondary N) is 2. The van der Waals surface area contributed by atoms with Gasteiger partial charge in [-0.3, -0.25) is 0 Å². The van der Waals surface area contributed by atoms with Crippen LogP contribution in [0, 0.1) is 11.3 Å². The van der Waals surface area contributed by atoms with Gasteiger partial charge in [0.2, 0.25) is 0 Å². The summed E-state index contributed by atoms with van der Waals surface area (Å²) in [6.45, 7) is 12.6. The lowest BCUT2D eigenvalue weighted by Crippen LogP contribution is -2.47. The molecular weight excluding hydrogens is 254 g/mol. The van der Waals surface area contributed by atoms with Crippen LogP contribution in [0.2, 0.25) is 0 Å². The van der Waals surface area contributed by atoms with E-state index in [0.29, 0.717) is 5.41 Å². The predicted molar refractivity (Wildman–Crippen MR) is 82.5 cm³/mol. The molecule has 4 heteroatoms. The summed E-state index contributed by atoms with van der Waals surface area (Å²) >= 11 is 1.73. The Hall–Kier alpha value is -0.450. The maximum atomic E-state index is 4.44. The first-order chi connectivity index (χ1) is 8.92. The van der Waals surface area contributed by atoms with Gasteiger partial charge < -0.3 is 10.6 Å². The average Bonchev–Trinajstić information content (AvgIpc) is 2.93. The number of rotatable bonds is 5. The summed E-state index contributed by atoms with van der Waals surface area (Å²) in [5.74, 6) is 0.765. The lowest BCUT2D eigenvalue weighted by atomic mass is 9.74. The van der Waals surface area contributed by atoms with Crippen molar-refractivity contribution < 1.29 is 0 Å². The van der Waals surface area contributed by atoms with E-state index in [1.54, 1.807) is 11.3 Å². The molecule has 0 radical (unpaired) electrons. The van der Waals surface area contributed by atoms with E-state index in [9.17, 15) is 0 Å². The molecule has 1 aromatic heterocycles. The van der Waals surface area contributed by atoms with Crippen molar-refractivity contribution in [3.05, 3.63) is 16.6 Å². The number of hydrogen-bond donors (Lipinski definition) is 2. The fourth-order valence-corrected chi connectivity index (χ4v) is 3.46. The third-order valence-corrected chi connectivity index (χ3v) is 5.45. The van der Waals surface area contributed by atoms with Crippen LogP contribution in [0.5, 0.6) is 0 Å². The Bertz CT molecular complexity index is 378. The SMILES string of the molecule is CC(C)(NCC(C)(C)C1CCCNC1)c1nccs1. The molecule has 1 fully saturated rings. The topological polar surface area (TPSA) is 37.0 Å². The van der Waals surface area contributed by atoms with Crippen molar-refractivity contribution in [1.29, 1.82) is 0 Å². The Morgan fingerprint density at radius 2 is 2.21 bits per heavy atom. The van der Waals surface area contributed by atoms with Gasteiger partial charge in [-0.05, 0) is 51.1 Å². The van der Waals surface area contributed by atoms with Gasteiger partial charge in [-0.25, -0.2) is 4.98 Å². The Morgan fingerprint density at radius 1 is 1.42 bits per heavy atom. The van der Waals surface area contributed by atoms with Gasteiger partial charge in [-0.15, -0.1) is 11.3 Å². The van der Waals surface area contributed by atoms with E-state index in [1.807, 2.05) is 6.20 Å². The number of thiazole rings is 1. The molecule has 2 heterocycles. The molecule has 1 aliphatic heterocycles. The van der Waals surface area contributed by atoms with Gasteiger partial charge in [0, 0.05) is 18.1 Å². The number of hydrogen-bond acceptors (Lipinski definition) is 4. The lowest BCUT2D eigenvalue weighted by Gasteiger charge is -2.39. The standard InChI is InChI=1S/C15H27N3S/c1-14(2,12-6-5-7-16-10-12)11-18-15(3,4)13-17-8-9-19-13/h8-9,12,16,18H,5-7,10-11H2,1-4H3. The molecule has 0 bridgehead atoms. The van der Waals surface area contributed by atoms with E-state index in [1.165, 1.54) is 24.4 Å². The van der Waals surface area contributed by atoms with E-state index < -0.39 is 0 Å². The number of nitrogens with zero attached hydrogens (tertiary/aromatic N) is 1. The lowest BCUT2D eigenvalue weighted by molar-refractivity contribution is 0.151. The van der Waals surface area contributed by atoms with Crippen LogP contribution in [0.15, 0.2) is 11.6 Å². The number of aromatic nitrogens is 1. The summed E-state index contributed by atoms with van der Waals surface area (Å²) in [6, 6.07) is 0. The van der Waals surface area contributed by atoms with Crippen LogP contribution in [-0.2, 0) is 5.54 Å². The van der Waals surface area contributed by atoms with E-state index in [4.69, 9.17) is 0 Å². The molecule has 0 aromatic carbocycles. The molecule has 0 aliphatic carbocycles. The zero-order valence-corrected chi connectivity index (χ0v) is 13.4. The monoisotopic (exact) mass is 281 g/mol. The zero-order valence-electron chi connectivity index (χ0n) is 12.6. The van der Waals surface area contributed by atoms with Crippen LogP contribution < -0.4 is 10.6 Å². The Labute approximate surface area is 121 Å². The maximum absolute atomic E-state index is 4.44. The highest BCUT2D eigenvalue weighted by Gasteiger charge is 2.33. The summed E-state index contributed by atoms with van der Waals surface area (Å²) in [6.07, 6.45) is 4.54. The van der Waals surface area contributed by atoms with Crippen molar-refractivity contribution in [2.75, 3.05) is 19.6 Å². The molecule has 108 valence electrons. The molecule has 0 amide bonds. The third kappa shape index (κ3) is 3.77. The quantitative estimate of drug-likeness (QED) is 0.871. The molecule has 0 saturated carbocycles. The van der Waals surface area contributed by atoms with Gasteiger partial charge in [-0.1, -0.05) is 13.8 Å². The fraction of sp³-hybridized carbons (Fsp3) is 0.800. The second kappa shape index (κ2) is 5.90. The molecular formula is C15H27N3S. The molecule has 1 aliphatic rings. The van der Waals surface area contributed by atoms with E-state index in [-0.39, 0.29) is 5.54 Å². The first-order valence-electron chi connectivity index (χ1n) is 7.27. The predicted octanol–water partition coefficient (Wildman–Crippen LogP) is 2.99. The Kier molecular flexibility index (Phi) is 4.64. The van der Waals surface area contributed by atoms with Crippen LogP contribution in [0.3, 0.4) is 0 Å².